The van der Waals surface area contributed by atoms with Crippen LogP contribution in [0.25, 0.3) is 11.1 Å². The highest BCUT2D eigenvalue weighted by molar-refractivity contribution is 5.78. The molecule has 4 rings (SSSR count). The number of carbonyl (C=O) groups excluding carboxylic acids is 1. The van der Waals surface area contributed by atoms with Crippen LogP contribution in [0.1, 0.15) is 18.1 Å². The van der Waals surface area contributed by atoms with Crippen molar-refractivity contribution in [1.82, 2.24) is 14.9 Å². The van der Waals surface area contributed by atoms with Crippen LogP contribution < -0.4 is 5.32 Å². The van der Waals surface area contributed by atoms with E-state index in [1.807, 2.05) is 47.5 Å². The lowest BCUT2D eigenvalue weighted by atomic mass is 10.1. The molecular formula is C20H18N4O. The molecule has 1 aromatic heterocycles. The van der Waals surface area contributed by atoms with Crippen LogP contribution in [-0.2, 0) is 17.9 Å². The highest BCUT2D eigenvalue weighted by atomic mass is 16.2. The average Bonchev–Trinajstić information content (AvgIpc) is 3.07. The van der Waals surface area contributed by atoms with Crippen molar-refractivity contribution in [3.05, 3.63) is 72.2 Å². The monoisotopic (exact) mass is 330 g/mol. The maximum Gasteiger partial charge on any atom is 0.220 e. The number of aromatic nitrogens is 2. The molecule has 124 valence electrons. The molecule has 0 aliphatic carbocycles. The van der Waals surface area contributed by atoms with Gasteiger partial charge in [0.25, 0.3) is 0 Å². The topological polar surface area (TPSA) is 58.1 Å². The van der Waals surface area contributed by atoms with Crippen molar-refractivity contribution in [2.45, 2.75) is 20.0 Å². The first-order chi connectivity index (χ1) is 12.2. The second kappa shape index (κ2) is 6.36. The summed E-state index contributed by atoms with van der Waals surface area (Å²) < 4.78 is 0. The number of hydrogen-bond acceptors (Lipinski definition) is 4. The Kier molecular flexibility index (Phi) is 3.90. The molecule has 2 heterocycles. The number of anilines is 2. The number of nitrogens with zero attached hydrogens (tertiary/aromatic N) is 3. The third-order valence-electron chi connectivity index (χ3n) is 4.43. The fraction of sp³-hybridized carbons (Fsp3) is 0.150. The van der Waals surface area contributed by atoms with Crippen LogP contribution in [0.2, 0.25) is 0 Å². The molecular weight excluding hydrogens is 312 g/mol. The number of benzene rings is 2. The van der Waals surface area contributed by atoms with Gasteiger partial charge in [0.15, 0.2) is 0 Å². The second-order valence-corrected chi connectivity index (χ2v) is 6.13. The Morgan fingerprint density at radius 1 is 1.08 bits per heavy atom. The molecule has 5 nitrogen and oxygen atoms in total. The highest BCUT2D eigenvalue weighted by Crippen LogP contribution is 2.30. The SMILES string of the molecule is CC(=O)N1Cc2ccc(Nc3ncncc3-c3ccccc3)cc2C1. The van der Waals surface area contributed by atoms with E-state index in [4.69, 9.17) is 0 Å². The summed E-state index contributed by atoms with van der Waals surface area (Å²) in [5.74, 6) is 0.871. The van der Waals surface area contributed by atoms with Crippen molar-refractivity contribution in [1.29, 1.82) is 0 Å². The summed E-state index contributed by atoms with van der Waals surface area (Å²) in [7, 11) is 0. The van der Waals surface area contributed by atoms with Gasteiger partial charge < -0.3 is 10.2 Å². The van der Waals surface area contributed by atoms with E-state index in [2.05, 4.69) is 27.4 Å². The van der Waals surface area contributed by atoms with Crippen LogP contribution in [0.5, 0.6) is 0 Å². The van der Waals surface area contributed by atoms with Crippen molar-refractivity contribution in [2.75, 3.05) is 5.32 Å². The van der Waals surface area contributed by atoms with Gasteiger partial charge in [-0.05, 0) is 28.8 Å². The molecule has 1 aliphatic heterocycles. The van der Waals surface area contributed by atoms with Crippen molar-refractivity contribution < 1.29 is 4.79 Å². The molecule has 2 aromatic carbocycles. The largest absolute Gasteiger partial charge is 0.340 e. The van der Waals surface area contributed by atoms with Gasteiger partial charge in [0, 0.05) is 37.5 Å². The summed E-state index contributed by atoms with van der Waals surface area (Å²) in [6.45, 7) is 2.96. The van der Waals surface area contributed by atoms with Crippen LogP contribution in [0.15, 0.2) is 61.1 Å². The first-order valence-corrected chi connectivity index (χ1v) is 8.20. The van der Waals surface area contributed by atoms with Gasteiger partial charge in [0.2, 0.25) is 5.91 Å². The molecule has 1 amide bonds. The van der Waals surface area contributed by atoms with Gasteiger partial charge in [-0.1, -0.05) is 36.4 Å². The molecule has 0 saturated heterocycles. The predicted molar refractivity (Wildman–Crippen MR) is 97.1 cm³/mol. The third-order valence-corrected chi connectivity index (χ3v) is 4.43. The highest BCUT2D eigenvalue weighted by Gasteiger charge is 2.21. The number of nitrogens with one attached hydrogen (secondary N) is 1. The van der Waals surface area contributed by atoms with Gasteiger partial charge in [-0.2, -0.15) is 0 Å². The average molecular weight is 330 g/mol. The molecule has 1 N–H and O–H groups in total. The van der Waals surface area contributed by atoms with E-state index in [1.165, 1.54) is 11.1 Å². The zero-order chi connectivity index (χ0) is 17.2. The van der Waals surface area contributed by atoms with E-state index in [1.54, 1.807) is 13.3 Å². The number of fused-ring (bicyclic) bond motifs is 1. The Balaban J connectivity index is 1.63. The van der Waals surface area contributed by atoms with Crippen LogP contribution in [-0.4, -0.2) is 20.8 Å². The molecule has 0 atom stereocenters. The van der Waals surface area contributed by atoms with Crippen LogP contribution in [0.3, 0.4) is 0 Å². The molecule has 0 unspecified atom stereocenters. The molecule has 3 aromatic rings. The van der Waals surface area contributed by atoms with Crippen molar-refractivity contribution >= 4 is 17.4 Å². The van der Waals surface area contributed by atoms with Crippen molar-refractivity contribution in [2.24, 2.45) is 0 Å². The number of amides is 1. The van der Waals surface area contributed by atoms with Gasteiger partial charge >= 0.3 is 0 Å². The Bertz CT molecular complexity index is 924. The Hall–Kier alpha value is -3.21. The lowest BCUT2D eigenvalue weighted by molar-refractivity contribution is -0.129. The standard InChI is InChI=1S/C20H18N4O/c1-14(25)24-11-16-7-8-18(9-17(16)12-24)23-20-19(10-21-13-22-20)15-5-3-2-4-6-15/h2-10,13H,11-12H2,1H3,(H,21,22,23). The Morgan fingerprint density at radius 2 is 1.88 bits per heavy atom. The Morgan fingerprint density at radius 3 is 2.68 bits per heavy atom. The van der Waals surface area contributed by atoms with Crippen molar-refractivity contribution in [3.63, 3.8) is 0 Å². The van der Waals surface area contributed by atoms with Gasteiger partial charge in [-0.3, -0.25) is 4.79 Å². The first kappa shape index (κ1) is 15.3. The Labute approximate surface area is 146 Å². The van der Waals surface area contributed by atoms with E-state index in [0.717, 1.165) is 22.6 Å². The van der Waals surface area contributed by atoms with E-state index >= 15 is 0 Å². The minimum absolute atomic E-state index is 0.105. The van der Waals surface area contributed by atoms with E-state index in [9.17, 15) is 4.79 Å². The maximum atomic E-state index is 11.6. The predicted octanol–water partition coefficient (Wildman–Crippen LogP) is 3.75. The molecule has 0 saturated carbocycles. The number of carbonyl (C=O) groups is 1. The zero-order valence-electron chi connectivity index (χ0n) is 13.9. The quantitative estimate of drug-likeness (QED) is 0.794. The molecule has 0 bridgehead atoms. The number of rotatable bonds is 3. The first-order valence-electron chi connectivity index (χ1n) is 8.20. The zero-order valence-corrected chi connectivity index (χ0v) is 13.9. The van der Waals surface area contributed by atoms with Crippen LogP contribution >= 0.6 is 0 Å². The van der Waals surface area contributed by atoms with Gasteiger partial charge in [-0.25, -0.2) is 9.97 Å². The van der Waals surface area contributed by atoms with Crippen molar-refractivity contribution in [3.8, 4) is 11.1 Å². The fourth-order valence-electron chi connectivity index (χ4n) is 3.09. The van der Waals surface area contributed by atoms with E-state index in [-0.39, 0.29) is 5.91 Å². The number of hydrogen-bond donors (Lipinski definition) is 1. The summed E-state index contributed by atoms with van der Waals surface area (Å²) in [5, 5.41) is 3.39. The maximum absolute atomic E-state index is 11.6. The van der Waals surface area contributed by atoms with Crippen LogP contribution in [0, 0.1) is 0 Å². The minimum atomic E-state index is 0.105. The normalized spacial score (nSPS) is 12.8. The molecule has 1 aliphatic rings. The lowest BCUT2D eigenvalue weighted by Gasteiger charge is -2.12. The smallest absolute Gasteiger partial charge is 0.220 e. The fourth-order valence-corrected chi connectivity index (χ4v) is 3.09. The summed E-state index contributed by atoms with van der Waals surface area (Å²) in [6, 6.07) is 16.3. The summed E-state index contributed by atoms with van der Waals surface area (Å²) >= 11 is 0. The molecule has 0 radical (unpaired) electrons. The minimum Gasteiger partial charge on any atom is -0.340 e. The molecule has 0 fully saturated rings. The summed E-state index contributed by atoms with van der Waals surface area (Å²) in [4.78, 5) is 22.0. The molecule has 25 heavy (non-hydrogen) atoms. The lowest BCUT2D eigenvalue weighted by Crippen LogP contribution is -2.21. The molecule has 5 heteroatoms. The van der Waals surface area contributed by atoms with Crippen LogP contribution in [0.4, 0.5) is 11.5 Å². The van der Waals surface area contributed by atoms with Gasteiger partial charge in [-0.15, -0.1) is 0 Å². The van der Waals surface area contributed by atoms with Gasteiger partial charge in [0.1, 0.15) is 12.1 Å². The van der Waals surface area contributed by atoms with E-state index < -0.39 is 0 Å². The second-order valence-electron chi connectivity index (χ2n) is 6.13. The summed E-state index contributed by atoms with van der Waals surface area (Å²) in [6.07, 6.45) is 3.36. The third kappa shape index (κ3) is 3.08. The van der Waals surface area contributed by atoms with E-state index in [0.29, 0.717) is 13.1 Å². The molecule has 0 spiro atoms. The van der Waals surface area contributed by atoms with Gasteiger partial charge in [0.05, 0.1) is 0 Å². The summed E-state index contributed by atoms with van der Waals surface area (Å²) in [5.41, 5.74) is 5.35.